The summed E-state index contributed by atoms with van der Waals surface area (Å²) in [6.07, 6.45) is -0.295. The third kappa shape index (κ3) is 11.8. The van der Waals surface area contributed by atoms with Crippen molar-refractivity contribution in [3.05, 3.63) is 35.9 Å². The first-order valence-electron chi connectivity index (χ1n) is 11.3. The summed E-state index contributed by atoms with van der Waals surface area (Å²) in [5.41, 5.74) is 17.1. The molecule has 0 aliphatic rings. The van der Waals surface area contributed by atoms with Crippen LogP contribution in [-0.2, 0) is 30.4 Å². The van der Waals surface area contributed by atoms with E-state index in [0.29, 0.717) is 12.0 Å². The Bertz CT molecular complexity index is 969. The van der Waals surface area contributed by atoms with Gasteiger partial charge in [0.05, 0.1) is 19.1 Å². The van der Waals surface area contributed by atoms with Gasteiger partial charge in [0.15, 0.2) is 5.96 Å². The van der Waals surface area contributed by atoms with Gasteiger partial charge in [-0.2, -0.15) is 0 Å². The number of carbonyl (C=O) groups is 5. The highest BCUT2D eigenvalue weighted by atomic mass is 16.4. The van der Waals surface area contributed by atoms with E-state index in [-0.39, 0.29) is 25.3 Å². The maximum Gasteiger partial charge on any atom is 0.326 e. The lowest BCUT2D eigenvalue weighted by Gasteiger charge is -2.24. The predicted octanol–water partition coefficient (Wildman–Crippen LogP) is -3.38. The van der Waals surface area contributed by atoms with E-state index in [0.717, 1.165) is 0 Å². The van der Waals surface area contributed by atoms with Crippen LogP contribution in [0.5, 0.6) is 0 Å². The molecule has 37 heavy (non-hydrogen) atoms. The number of nitrogens with zero attached hydrogens (tertiary/aromatic N) is 1. The Morgan fingerprint density at radius 1 is 0.865 bits per heavy atom. The Balaban J connectivity index is 2.94. The van der Waals surface area contributed by atoms with Gasteiger partial charge in [0.25, 0.3) is 0 Å². The number of hydrogen-bond donors (Lipinski definition) is 9. The van der Waals surface area contributed by atoms with Crippen LogP contribution >= 0.6 is 0 Å². The third-order valence-electron chi connectivity index (χ3n) is 5.03. The van der Waals surface area contributed by atoms with Gasteiger partial charge in [-0.3, -0.25) is 24.2 Å². The molecule has 0 heterocycles. The molecule has 4 unspecified atom stereocenters. The van der Waals surface area contributed by atoms with Crippen LogP contribution in [0.25, 0.3) is 0 Å². The summed E-state index contributed by atoms with van der Waals surface area (Å²) in [7, 11) is 0. The van der Waals surface area contributed by atoms with Crippen LogP contribution in [0.2, 0.25) is 0 Å². The molecule has 0 aromatic heterocycles. The molecule has 0 aliphatic carbocycles. The molecule has 0 aliphatic heterocycles. The summed E-state index contributed by atoms with van der Waals surface area (Å²) in [6.45, 7) is -0.670. The summed E-state index contributed by atoms with van der Waals surface area (Å²) in [5.74, 6) is -5.81. The molecule has 0 bridgehead atoms. The van der Waals surface area contributed by atoms with E-state index in [1.807, 2.05) is 5.32 Å². The number of aliphatic imine (C=N–C) groups is 1. The van der Waals surface area contributed by atoms with Crippen LogP contribution in [0.15, 0.2) is 35.3 Å². The highest BCUT2D eigenvalue weighted by Gasteiger charge is 2.31. The Kier molecular flexibility index (Phi) is 13.1. The van der Waals surface area contributed by atoms with Crippen LogP contribution in [0.1, 0.15) is 24.8 Å². The lowest BCUT2D eigenvalue weighted by atomic mass is 10.0. The minimum atomic E-state index is -1.78. The fourth-order valence-corrected chi connectivity index (χ4v) is 3.10. The number of guanidine groups is 1. The fourth-order valence-electron chi connectivity index (χ4n) is 3.10. The molecular weight excluding hydrogens is 490 g/mol. The number of amides is 3. The zero-order valence-electron chi connectivity index (χ0n) is 20.0. The number of aliphatic hydroxyl groups excluding tert-OH is 1. The van der Waals surface area contributed by atoms with E-state index >= 15 is 0 Å². The fraction of sp³-hybridized carbons (Fsp3) is 0.455. The monoisotopic (exact) mass is 523 g/mol. The van der Waals surface area contributed by atoms with Crippen molar-refractivity contribution in [2.75, 3.05) is 13.2 Å². The van der Waals surface area contributed by atoms with Gasteiger partial charge in [-0.15, -0.1) is 0 Å². The van der Waals surface area contributed by atoms with E-state index < -0.39 is 66.9 Å². The van der Waals surface area contributed by atoms with Gasteiger partial charge in [-0.25, -0.2) is 4.79 Å². The van der Waals surface area contributed by atoms with Gasteiger partial charge < -0.3 is 48.5 Å². The molecule has 15 nitrogen and oxygen atoms in total. The topological polar surface area (TPSA) is 273 Å². The van der Waals surface area contributed by atoms with Crippen molar-refractivity contribution in [3.63, 3.8) is 0 Å². The van der Waals surface area contributed by atoms with E-state index in [2.05, 4.69) is 15.6 Å². The average Bonchev–Trinajstić information content (AvgIpc) is 2.83. The molecule has 1 aromatic rings. The summed E-state index contributed by atoms with van der Waals surface area (Å²) >= 11 is 0. The molecule has 0 spiro atoms. The van der Waals surface area contributed by atoms with Crippen molar-refractivity contribution in [1.29, 1.82) is 0 Å². The molecule has 15 heteroatoms. The zero-order valence-corrected chi connectivity index (χ0v) is 20.0. The van der Waals surface area contributed by atoms with E-state index in [4.69, 9.17) is 27.4 Å². The lowest BCUT2D eigenvalue weighted by molar-refractivity contribution is -0.147. The van der Waals surface area contributed by atoms with Crippen molar-refractivity contribution in [3.8, 4) is 0 Å². The molecule has 0 radical (unpaired) electrons. The number of aliphatic carboxylic acids is 2. The lowest BCUT2D eigenvalue weighted by Crippen LogP contribution is -2.58. The number of nitrogens with two attached hydrogens (primary N) is 3. The first kappa shape index (κ1) is 30.8. The minimum absolute atomic E-state index is 0.00959. The van der Waals surface area contributed by atoms with Crippen molar-refractivity contribution in [2.45, 2.75) is 49.9 Å². The molecule has 12 N–H and O–H groups in total. The quantitative estimate of drug-likeness (QED) is 0.0585. The molecular formula is C22H33N7O8. The normalized spacial score (nSPS) is 13.8. The van der Waals surface area contributed by atoms with Crippen LogP contribution in [0.3, 0.4) is 0 Å². The first-order chi connectivity index (χ1) is 17.4. The molecule has 1 aromatic carbocycles. The smallest absolute Gasteiger partial charge is 0.326 e. The highest BCUT2D eigenvalue weighted by Crippen LogP contribution is 2.06. The average molecular weight is 524 g/mol. The number of hydrogen-bond acceptors (Lipinski definition) is 8. The second kappa shape index (κ2) is 15.7. The molecule has 0 saturated heterocycles. The highest BCUT2D eigenvalue weighted by molar-refractivity contribution is 5.94. The zero-order chi connectivity index (χ0) is 28.0. The Morgan fingerprint density at radius 3 is 1.97 bits per heavy atom. The number of carboxylic acids is 2. The first-order valence-corrected chi connectivity index (χ1v) is 11.3. The van der Waals surface area contributed by atoms with Gasteiger partial charge in [0.2, 0.25) is 17.7 Å². The summed E-state index contributed by atoms with van der Waals surface area (Å²) < 4.78 is 0. The molecule has 0 saturated carbocycles. The number of aliphatic hydroxyl groups is 1. The Morgan fingerprint density at radius 2 is 1.43 bits per heavy atom. The number of nitrogens with one attached hydrogen (secondary N) is 3. The number of carboxylic acid groups (broad SMARTS) is 2. The number of benzene rings is 1. The second-order valence-electron chi connectivity index (χ2n) is 8.05. The van der Waals surface area contributed by atoms with Crippen molar-refractivity contribution < 1.29 is 39.3 Å². The molecule has 204 valence electrons. The maximum atomic E-state index is 13.0. The number of carbonyl (C=O) groups excluding carboxylic acids is 3. The van der Waals surface area contributed by atoms with E-state index in [1.165, 1.54) is 0 Å². The number of rotatable bonds is 16. The van der Waals surface area contributed by atoms with Crippen molar-refractivity contribution in [2.24, 2.45) is 22.2 Å². The SMILES string of the molecule is NC(N)=NCCCC(N)C(=O)NC(Cc1ccccc1)C(=O)NC(CO)C(=O)NC(CC(=O)O)C(=O)O. The molecule has 4 atom stereocenters. The minimum Gasteiger partial charge on any atom is -0.481 e. The van der Waals surface area contributed by atoms with Crippen LogP contribution < -0.4 is 33.2 Å². The standard InChI is InChI=1S/C22H33N7O8/c23-13(7-4-8-26-22(24)25)18(33)27-14(9-12-5-2-1-3-6-12)19(34)29-16(11-30)20(35)28-15(21(36)37)10-17(31)32/h1-3,5-6,13-16,30H,4,7-11,23H2,(H,27,33)(H,28,35)(H,29,34)(H,31,32)(H,36,37)(H4,24,25,26). The van der Waals surface area contributed by atoms with Gasteiger partial charge in [0, 0.05) is 13.0 Å². The van der Waals surface area contributed by atoms with Gasteiger partial charge in [-0.1, -0.05) is 30.3 Å². The van der Waals surface area contributed by atoms with Gasteiger partial charge in [-0.05, 0) is 18.4 Å². The molecule has 1 rings (SSSR count). The largest absolute Gasteiger partial charge is 0.481 e. The Labute approximate surface area is 212 Å². The summed E-state index contributed by atoms with van der Waals surface area (Å²) in [6, 6.07) is 3.01. The molecule has 0 fully saturated rings. The van der Waals surface area contributed by atoms with Gasteiger partial charge in [0.1, 0.15) is 18.1 Å². The summed E-state index contributed by atoms with van der Waals surface area (Å²) in [5, 5.41) is 34.3. The summed E-state index contributed by atoms with van der Waals surface area (Å²) in [4.78, 5) is 63.9. The second-order valence-corrected chi connectivity index (χ2v) is 8.05. The van der Waals surface area contributed by atoms with Crippen LogP contribution in [0, 0.1) is 0 Å². The van der Waals surface area contributed by atoms with Crippen molar-refractivity contribution >= 4 is 35.6 Å². The third-order valence-corrected chi connectivity index (χ3v) is 5.03. The van der Waals surface area contributed by atoms with Crippen LogP contribution in [-0.4, -0.2) is 88.3 Å². The van der Waals surface area contributed by atoms with Gasteiger partial charge >= 0.3 is 11.9 Å². The maximum absolute atomic E-state index is 13.0. The Hall–Kier alpha value is -4.24. The van der Waals surface area contributed by atoms with E-state index in [9.17, 15) is 29.1 Å². The predicted molar refractivity (Wildman–Crippen MR) is 131 cm³/mol. The van der Waals surface area contributed by atoms with Crippen LogP contribution in [0.4, 0.5) is 0 Å². The molecule has 3 amide bonds. The van der Waals surface area contributed by atoms with Crippen molar-refractivity contribution in [1.82, 2.24) is 16.0 Å². The van der Waals surface area contributed by atoms with E-state index in [1.54, 1.807) is 30.3 Å².